The minimum Gasteiger partial charge on any atom is -0.313 e. The highest BCUT2D eigenvalue weighted by molar-refractivity contribution is 7.90. The van der Waals surface area contributed by atoms with Crippen molar-refractivity contribution in [2.45, 2.75) is 18.2 Å². The summed E-state index contributed by atoms with van der Waals surface area (Å²) in [5.41, 5.74) is 0.756. The molecule has 1 atom stereocenters. The van der Waals surface area contributed by atoms with Crippen LogP contribution in [-0.2, 0) is 15.6 Å². The Morgan fingerprint density at radius 3 is 2.75 bits per heavy atom. The van der Waals surface area contributed by atoms with Crippen molar-refractivity contribution >= 4 is 21.4 Å². The van der Waals surface area contributed by atoms with Gasteiger partial charge in [-0.25, -0.2) is 8.42 Å². The molecule has 0 aliphatic carbocycles. The second-order valence-electron chi connectivity index (χ2n) is 4.12. The number of hydrogen-bond donors (Lipinski definition) is 1. The standard InChI is InChI=1S/C11H14ClNO2S/c12-10-3-1-2-9(6-10)7-16(14,15)8-11-4-5-13-11/h1-3,6,11,13H,4-5,7-8H2. The molecule has 2 rings (SSSR count). The van der Waals surface area contributed by atoms with Crippen LogP contribution in [0.15, 0.2) is 24.3 Å². The summed E-state index contributed by atoms with van der Waals surface area (Å²) in [6.45, 7) is 0.928. The number of hydrogen-bond acceptors (Lipinski definition) is 3. The van der Waals surface area contributed by atoms with E-state index in [4.69, 9.17) is 11.6 Å². The summed E-state index contributed by atoms with van der Waals surface area (Å²) in [6.07, 6.45) is 0.953. The molecule has 0 spiro atoms. The lowest BCUT2D eigenvalue weighted by molar-refractivity contribution is 0.398. The average Bonchev–Trinajstić information content (AvgIpc) is 2.11. The maximum Gasteiger partial charge on any atom is 0.155 e. The van der Waals surface area contributed by atoms with E-state index >= 15 is 0 Å². The molecule has 1 aliphatic heterocycles. The molecule has 0 radical (unpaired) electrons. The number of benzene rings is 1. The third-order valence-corrected chi connectivity index (χ3v) is 4.58. The first-order chi connectivity index (χ1) is 7.55. The summed E-state index contributed by atoms with van der Waals surface area (Å²) in [5, 5.41) is 3.67. The maximum atomic E-state index is 11.8. The van der Waals surface area contributed by atoms with Gasteiger partial charge in [-0.1, -0.05) is 23.7 Å². The normalized spacial score (nSPS) is 20.4. The van der Waals surface area contributed by atoms with Crippen LogP contribution < -0.4 is 5.32 Å². The molecule has 3 nitrogen and oxygen atoms in total. The highest BCUT2D eigenvalue weighted by atomic mass is 35.5. The van der Waals surface area contributed by atoms with Crippen LogP contribution in [0, 0.1) is 0 Å². The Labute approximate surface area is 101 Å². The predicted octanol–water partition coefficient (Wildman–Crippen LogP) is 1.62. The zero-order valence-electron chi connectivity index (χ0n) is 8.82. The van der Waals surface area contributed by atoms with Crippen molar-refractivity contribution in [2.75, 3.05) is 12.3 Å². The molecular weight excluding hydrogens is 246 g/mol. The number of rotatable bonds is 4. The molecule has 1 aromatic rings. The maximum absolute atomic E-state index is 11.8. The van der Waals surface area contributed by atoms with Crippen molar-refractivity contribution in [3.63, 3.8) is 0 Å². The zero-order chi connectivity index (χ0) is 11.6. The molecule has 0 aromatic heterocycles. The van der Waals surface area contributed by atoms with Gasteiger partial charge in [-0.3, -0.25) is 0 Å². The van der Waals surface area contributed by atoms with Crippen LogP contribution in [0.4, 0.5) is 0 Å². The van der Waals surface area contributed by atoms with E-state index < -0.39 is 9.84 Å². The van der Waals surface area contributed by atoms with Crippen LogP contribution in [0.25, 0.3) is 0 Å². The molecule has 0 amide bonds. The van der Waals surface area contributed by atoms with Gasteiger partial charge in [-0.2, -0.15) is 0 Å². The molecule has 5 heteroatoms. The average molecular weight is 260 g/mol. The molecule has 88 valence electrons. The number of halogens is 1. The van der Waals surface area contributed by atoms with Crippen LogP contribution >= 0.6 is 11.6 Å². The first kappa shape index (κ1) is 11.9. The minimum atomic E-state index is -3.03. The van der Waals surface area contributed by atoms with Crippen LogP contribution in [0.5, 0.6) is 0 Å². The van der Waals surface area contributed by atoms with Crippen LogP contribution in [0.3, 0.4) is 0 Å². The van der Waals surface area contributed by atoms with Gasteiger partial charge in [0.2, 0.25) is 0 Å². The van der Waals surface area contributed by atoms with E-state index in [2.05, 4.69) is 5.32 Å². The largest absolute Gasteiger partial charge is 0.313 e. The van der Waals surface area contributed by atoms with Crippen molar-refractivity contribution in [3.8, 4) is 0 Å². The summed E-state index contributed by atoms with van der Waals surface area (Å²) in [4.78, 5) is 0. The van der Waals surface area contributed by atoms with Gasteiger partial charge >= 0.3 is 0 Å². The van der Waals surface area contributed by atoms with E-state index in [1.807, 2.05) is 0 Å². The topological polar surface area (TPSA) is 46.2 Å². The first-order valence-electron chi connectivity index (χ1n) is 5.23. The lowest BCUT2D eigenvalue weighted by Gasteiger charge is -2.27. The molecular formula is C11H14ClNO2S. The Bertz CT molecular complexity index is 469. The third kappa shape index (κ3) is 3.20. The zero-order valence-corrected chi connectivity index (χ0v) is 10.4. The fraction of sp³-hybridized carbons (Fsp3) is 0.455. The lowest BCUT2D eigenvalue weighted by atomic mass is 10.1. The molecule has 1 aliphatic rings. The van der Waals surface area contributed by atoms with Gasteiger partial charge in [0.25, 0.3) is 0 Å². The van der Waals surface area contributed by atoms with Gasteiger partial charge in [0.05, 0.1) is 11.5 Å². The Morgan fingerprint density at radius 1 is 1.44 bits per heavy atom. The number of sulfone groups is 1. The van der Waals surface area contributed by atoms with Crippen molar-refractivity contribution in [3.05, 3.63) is 34.9 Å². The molecule has 0 bridgehead atoms. The van der Waals surface area contributed by atoms with Crippen LogP contribution in [0.2, 0.25) is 5.02 Å². The highest BCUT2D eigenvalue weighted by Gasteiger charge is 2.23. The monoisotopic (exact) mass is 259 g/mol. The lowest BCUT2D eigenvalue weighted by Crippen LogP contribution is -2.47. The SMILES string of the molecule is O=S(=O)(Cc1cccc(Cl)c1)CC1CCN1. The highest BCUT2D eigenvalue weighted by Crippen LogP contribution is 2.15. The molecule has 16 heavy (non-hydrogen) atoms. The molecule has 1 heterocycles. The Morgan fingerprint density at radius 2 is 2.19 bits per heavy atom. The molecule has 1 aromatic carbocycles. The van der Waals surface area contributed by atoms with Gasteiger partial charge in [0.1, 0.15) is 0 Å². The molecule has 1 saturated heterocycles. The second-order valence-corrected chi connectivity index (χ2v) is 6.67. The van der Waals surface area contributed by atoms with Crippen molar-refractivity contribution in [1.29, 1.82) is 0 Å². The Hall–Kier alpha value is -0.580. The Kier molecular flexibility index (Phi) is 3.52. The van der Waals surface area contributed by atoms with Gasteiger partial charge in [0, 0.05) is 11.1 Å². The smallest absolute Gasteiger partial charge is 0.155 e. The van der Waals surface area contributed by atoms with Crippen molar-refractivity contribution < 1.29 is 8.42 Å². The quantitative estimate of drug-likeness (QED) is 0.894. The summed E-state index contributed by atoms with van der Waals surface area (Å²) >= 11 is 5.81. The predicted molar refractivity (Wildman–Crippen MR) is 65.4 cm³/mol. The van der Waals surface area contributed by atoms with Gasteiger partial charge in [-0.15, -0.1) is 0 Å². The van der Waals surface area contributed by atoms with Crippen LogP contribution in [0.1, 0.15) is 12.0 Å². The summed E-state index contributed by atoms with van der Waals surface area (Å²) in [5.74, 6) is 0.297. The second kappa shape index (κ2) is 4.73. The molecule has 1 unspecified atom stereocenters. The van der Waals surface area contributed by atoms with Crippen LogP contribution in [-0.4, -0.2) is 26.8 Å². The van der Waals surface area contributed by atoms with E-state index in [1.165, 1.54) is 0 Å². The van der Waals surface area contributed by atoms with Gasteiger partial charge in [0.15, 0.2) is 9.84 Å². The van der Waals surface area contributed by atoms with E-state index in [1.54, 1.807) is 24.3 Å². The van der Waals surface area contributed by atoms with E-state index in [0.29, 0.717) is 5.02 Å². The molecule has 1 N–H and O–H groups in total. The van der Waals surface area contributed by atoms with E-state index in [0.717, 1.165) is 18.5 Å². The molecule has 0 saturated carbocycles. The number of nitrogens with one attached hydrogen (secondary N) is 1. The summed E-state index contributed by atoms with van der Waals surface area (Å²) < 4.78 is 23.7. The van der Waals surface area contributed by atoms with Gasteiger partial charge < -0.3 is 5.32 Å². The fourth-order valence-electron chi connectivity index (χ4n) is 1.74. The Balaban J connectivity index is 2.02. The van der Waals surface area contributed by atoms with Crippen molar-refractivity contribution in [1.82, 2.24) is 5.32 Å². The first-order valence-corrected chi connectivity index (χ1v) is 7.43. The minimum absolute atomic E-state index is 0.0751. The van der Waals surface area contributed by atoms with E-state index in [-0.39, 0.29) is 17.5 Å². The van der Waals surface area contributed by atoms with Crippen molar-refractivity contribution in [2.24, 2.45) is 0 Å². The molecule has 1 fully saturated rings. The van der Waals surface area contributed by atoms with E-state index in [9.17, 15) is 8.42 Å². The third-order valence-electron chi connectivity index (χ3n) is 2.66. The fourth-order valence-corrected chi connectivity index (χ4v) is 3.65. The van der Waals surface area contributed by atoms with Gasteiger partial charge in [-0.05, 0) is 30.7 Å². The summed E-state index contributed by atoms with van der Waals surface area (Å²) in [7, 11) is -3.03. The summed E-state index contributed by atoms with van der Waals surface area (Å²) in [6, 6.07) is 7.15.